The number of carbonyl (C=O) groups is 4. The molecule has 198 valence electrons. The number of fused-ring (bicyclic) bond motifs is 1. The Balaban J connectivity index is 1.61. The number of ketones is 2. The molecule has 0 saturated heterocycles. The van der Waals surface area contributed by atoms with Gasteiger partial charge in [-0.15, -0.1) is 0 Å². The molecule has 1 aromatic heterocycles. The number of amides is 2. The summed E-state index contributed by atoms with van der Waals surface area (Å²) in [7, 11) is 3.07. The van der Waals surface area contributed by atoms with E-state index in [0.717, 1.165) is 0 Å². The molecular formula is C27H27ClFN5O4. The third-order valence-electron chi connectivity index (χ3n) is 6.53. The number of halogens is 2. The molecule has 4 rings (SSSR count). The SMILES string of the molecule is Cc1cc(F)cc(C[C@H](CC(=O)Cn2c(N)nc3c2C(=O)CC(=O)N3C)C(=O)N(C)c2ccc(Cl)cc2)c1. The van der Waals surface area contributed by atoms with Crippen molar-refractivity contribution >= 4 is 52.4 Å². The van der Waals surface area contributed by atoms with Crippen molar-refractivity contribution < 1.29 is 23.6 Å². The molecule has 38 heavy (non-hydrogen) atoms. The number of aromatic nitrogens is 2. The monoisotopic (exact) mass is 539 g/mol. The van der Waals surface area contributed by atoms with E-state index in [4.69, 9.17) is 17.3 Å². The van der Waals surface area contributed by atoms with Crippen molar-refractivity contribution in [3.05, 3.63) is 70.1 Å². The lowest BCUT2D eigenvalue weighted by Gasteiger charge is -2.24. The number of nitrogen functional groups attached to an aromatic ring is 1. The zero-order valence-corrected chi connectivity index (χ0v) is 22.0. The van der Waals surface area contributed by atoms with Gasteiger partial charge in [-0.1, -0.05) is 17.7 Å². The number of benzene rings is 2. The number of aryl methyl sites for hydroxylation is 1. The highest BCUT2D eigenvalue weighted by atomic mass is 35.5. The Morgan fingerprint density at radius 1 is 1.18 bits per heavy atom. The maximum absolute atomic E-state index is 14.1. The number of Topliss-reactive ketones (excluding diaryl/α,β-unsaturated/α-hetero) is 2. The summed E-state index contributed by atoms with van der Waals surface area (Å²) >= 11 is 5.98. The minimum absolute atomic E-state index is 0.0832. The summed E-state index contributed by atoms with van der Waals surface area (Å²) in [6, 6.07) is 11.2. The first-order valence-electron chi connectivity index (χ1n) is 11.9. The molecule has 1 aliphatic heterocycles. The Labute approximate surface area is 224 Å². The molecule has 0 saturated carbocycles. The highest BCUT2D eigenvalue weighted by Gasteiger charge is 2.35. The molecule has 0 unspecified atom stereocenters. The standard InChI is InChI=1S/C27H27ClFN5O4/c1-15-8-16(11-19(29)9-15)10-17(26(38)32(2)20-6-4-18(28)5-7-20)12-21(35)14-34-24-22(36)13-23(37)33(3)25(24)31-27(34)30/h4-9,11,17H,10,12-14H2,1-3H3,(H2,30,31)/t17-/m1/s1. The normalized spacial score (nSPS) is 13.9. The Hall–Kier alpha value is -4.05. The van der Waals surface area contributed by atoms with Crippen LogP contribution in [0.4, 0.5) is 21.8 Å². The summed E-state index contributed by atoms with van der Waals surface area (Å²) < 4.78 is 15.4. The topological polar surface area (TPSA) is 119 Å². The van der Waals surface area contributed by atoms with Gasteiger partial charge >= 0.3 is 0 Å². The molecule has 3 aromatic rings. The third-order valence-corrected chi connectivity index (χ3v) is 6.78. The third kappa shape index (κ3) is 5.60. The Kier molecular flexibility index (Phi) is 7.63. The molecule has 2 aromatic carbocycles. The highest BCUT2D eigenvalue weighted by molar-refractivity contribution is 6.30. The van der Waals surface area contributed by atoms with E-state index >= 15 is 0 Å². The quantitative estimate of drug-likeness (QED) is 0.437. The van der Waals surface area contributed by atoms with E-state index in [0.29, 0.717) is 21.8 Å². The van der Waals surface area contributed by atoms with Gasteiger partial charge in [0.2, 0.25) is 17.8 Å². The second kappa shape index (κ2) is 10.7. The first-order valence-corrected chi connectivity index (χ1v) is 12.3. The molecule has 0 bridgehead atoms. The van der Waals surface area contributed by atoms with Gasteiger partial charge in [-0.25, -0.2) is 4.39 Å². The van der Waals surface area contributed by atoms with E-state index in [1.54, 1.807) is 44.3 Å². The van der Waals surface area contributed by atoms with E-state index in [1.165, 1.54) is 33.5 Å². The maximum atomic E-state index is 14.1. The smallest absolute Gasteiger partial charge is 0.235 e. The van der Waals surface area contributed by atoms with Crippen molar-refractivity contribution in [3.8, 4) is 0 Å². The minimum Gasteiger partial charge on any atom is -0.369 e. The summed E-state index contributed by atoms with van der Waals surface area (Å²) in [6.45, 7) is 1.44. The zero-order valence-electron chi connectivity index (χ0n) is 21.2. The van der Waals surface area contributed by atoms with Gasteiger partial charge in [0.1, 0.15) is 11.5 Å². The first kappa shape index (κ1) is 27.0. The average molecular weight is 540 g/mol. The van der Waals surface area contributed by atoms with E-state index in [1.807, 2.05) is 0 Å². The predicted molar refractivity (Wildman–Crippen MR) is 142 cm³/mol. The Bertz CT molecular complexity index is 1420. The predicted octanol–water partition coefficient (Wildman–Crippen LogP) is 3.60. The molecule has 2 amide bonds. The summed E-state index contributed by atoms with van der Waals surface area (Å²) in [4.78, 5) is 58.2. The van der Waals surface area contributed by atoms with Crippen LogP contribution >= 0.6 is 11.6 Å². The fourth-order valence-electron chi connectivity index (χ4n) is 4.63. The van der Waals surface area contributed by atoms with Gasteiger partial charge < -0.3 is 10.6 Å². The molecule has 2 heterocycles. The van der Waals surface area contributed by atoms with Crippen molar-refractivity contribution in [2.75, 3.05) is 29.6 Å². The van der Waals surface area contributed by atoms with Crippen LogP contribution in [0.5, 0.6) is 0 Å². The zero-order chi connectivity index (χ0) is 27.7. The summed E-state index contributed by atoms with van der Waals surface area (Å²) in [5, 5.41) is 0.514. The van der Waals surface area contributed by atoms with Crippen LogP contribution in [-0.2, 0) is 27.3 Å². The molecule has 2 N–H and O–H groups in total. The number of nitrogens with zero attached hydrogens (tertiary/aromatic N) is 4. The molecule has 9 nitrogen and oxygen atoms in total. The van der Waals surface area contributed by atoms with Crippen LogP contribution in [0.15, 0.2) is 42.5 Å². The van der Waals surface area contributed by atoms with Crippen LogP contribution in [0, 0.1) is 18.7 Å². The van der Waals surface area contributed by atoms with Gasteiger partial charge in [0.25, 0.3) is 0 Å². The number of imidazole rings is 1. The van der Waals surface area contributed by atoms with Gasteiger partial charge in [-0.05, 0) is 60.9 Å². The Morgan fingerprint density at radius 2 is 1.87 bits per heavy atom. The largest absolute Gasteiger partial charge is 0.369 e. The van der Waals surface area contributed by atoms with Crippen molar-refractivity contribution in [1.29, 1.82) is 0 Å². The molecule has 0 aliphatic carbocycles. The number of anilines is 3. The van der Waals surface area contributed by atoms with Crippen molar-refractivity contribution in [3.63, 3.8) is 0 Å². The molecule has 11 heteroatoms. The summed E-state index contributed by atoms with van der Waals surface area (Å²) in [6.07, 6.45) is -0.425. The number of hydrogen-bond acceptors (Lipinski definition) is 6. The van der Waals surface area contributed by atoms with Crippen LogP contribution in [-0.4, -0.2) is 47.0 Å². The lowest BCUT2D eigenvalue weighted by molar-refractivity contribution is -0.127. The van der Waals surface area contributed by atoms with Gasteiger partial charge in [-0.2, -0.15) is 4.98 Å². The first-order chi connectivity index (χ1) is 17.9. The average Bonchev–Trinajstić information content (AvgIpc) is 3.17. The molecule has 0 fully saturated rings. The highest BCUT2D eigenvalue weighted by Crippen LogP contribution is 2.29. The van der Waals surface area contributed by atoms with Gasteiger partial charge in [0, 0.05) is 37.1 Å². The molecule has 0 radical (unpaired) electrons. The minimum atomic E-state index is -0.829. The number of carbonyl (C=O) groups excluding carboxylic acids is 4. The van der Waals surface area contributed by atoms with E-state index in [2.05, 4.69) is 4.98 Å². The molecule has 1 atom stereocenters. The molecule has 0 spiro atoms. The van der Waals surface area contributed by atoms with Crippen molar-refractivity contribution in [2.24, 2.45) is 5.92 Å². The molecule has 1 aliphatic rings. The number of hydrogen-bond donors (Lipinski definition) is 1. The lowest BCUT2D eigenvalue weighted by Crippen LogP contribution is -2.36. The van der Waals surface area contributed by atoms with Crippen LogP contribution < -0.4 is 15.5 Å². The van der Waals surface area contributed by atoms with Crippen LogP contribution in [0.2, 0.25) is 5.02 Å². The number of nitrogens with two attached hydrogens (primary N) is 1. The fraction of sp³-hybridized carbons (Fsp3) is 0.296. The number of rotatable bonds is 8. The van der Waals surface area contributed by atoms with Gasteiger partial charge in [0.15, 0.2) is 17.4 Å². The van der Waals surface area contributed by atoms with Crippen LogP contribution in [0.3, 0.4) is 0 Å². The van der Waals surface area contributed by atoms with Gasteiger partial charge in [0.05, 0.1) is 13.0 Å². The fourth-order valence-corrected chi connectivity index (χ4v) is 4.75. The van der Waals surface area contributed by atoms with Crippen LogP contribution in [0.25, 0.3) is 0 Å². The second-order valence-corrected chi connectivity index (χ2v) is 9.87. The van der Waals surface area contributed by atoms with E-state index in [9.17, 15) is 23.6 Å². The van der Waals surface area contributed by atoms with Crippen molar-refractivity contribution in [2.45, 2.75) is 32.7 Å². The second-order valence-electron chi connectivity index (χ2n) is 9.44. The van der Waals surface area contributed by atoms with Crippen LogP contribution in [0.1, 0.15) is 34.5 Å². The Morgan fingerprint density at radius 3 is 2.53 bits per heavy atom. The van der Waals surface area contributed by atoms with E-state index in [-0.39, 0.29) is 55.0 Å². The summed E-state index contributed by atoms with van der Waals surface area (Å²) in [5.41, 5.74) is 7.94. The lowest BCUT2D eigenvalue weighted by atomic mass is 9.92. The van der Waals surface area contributed by atoms with Crippen molar-refractivity contribution in [1.82, 2.24) is 9.55 Å². The maximum Gasteiger partial charge on any atom is 0.235 e. The van der Waals surface area contributed by atoms with E-state index < -0.39 is 23.4 Å². The van der Waals surface area contributed by atoms with Gasteiger partial charge in [-0.3, -0.25) is 28.6 Å². The molecular weight excluding hydrogens is 513 g/mol. The summed E-state index contributed by atoms with van der Waals surface area (Å²) in [5.74, 6) is -2.86.